The molecular formula is C30H28N4O3. The molecule has 37 heavy (non-hydrogen) atoms. The van der Waals surface area contributed by atoms with Gasteiger partial charge in [0.05, 0.1) is 5.69 Å². The summed E-state index contributed by atoms with van der Waals surface area (Å²) in [6.45, 7) is 2.72. The number of pyridine rings is 1. The number of nitrogens with zero attached hydrogens (tertiary/aromatic N) is 4. The number of carbonyl (C=O) groups excluding carboxylic acids is 2. The number of hydrogen-bond donors (Lipinski definition) is 0. The molecule has 2 aromatic heterocycles. The molecule has 1 fully saturated rings. The average Bonchev–Trinajstić information content (AvgIpc) is 2.97. The molecule has 0 N–H and O–H groups in total. The van der Waals surface area contributed by atoms with Crippen molar-refractivity contribution < 1.29 is 14.3 Å². The third kappa shape index (κ3) is 5.72. The molecule has 5 rings (SSSR count). The van der Waals surface area contributed by atoms with Crippen molar-refractivity contribution in [1.82, 2.24) is 19.9 Å². The molecule has 1 aliphatic heterocycles. The van der Waals surface area contributed by atoms with Crippen molar-refractivity contribution in [1.29, 1.82) is 0 Å². The summed E-state index contributed by atoms with van der Waals surface area (Å²) in [6, 6.07) is 20.8. The van der Waals surface area contributed by atoms with E-state index in [2.05, 4.69) is 22.1 Å². The molecule has 0 saturated carbocycles. The second-order valence-corrected chi connectivity index (χ2v) is 9.14. The predicted octanol–water partition coefficient (Wildman–Crippen LogP) is 5.19. The Balaban J connectivity index is 1.35. The van der Waals surface area contributed by atoms with Crippen LogP contribution in [0.5, 0.6) is 5.75 Å². The molecule has 1 unspecified atom stereocenters. The molecule has 0 radical (unpaired) electrons. The Morgan fingerprint density at radius 3 is 2.46 bits per heavy atom. The Hall–Kier alpha value is -4.39. The zero-order valence-corrected chi connectivity index (χ0v) is 20.7. The van der Waals surface area contributed by atoms with Crippen molar-refractivity contribution in [3.05, 3.63) is 96.6 Å². The summed E-state index contributed by atoms with van der Waals surface area (Å²) >= 11 is 0. The van der Waals surface area contributed by atoms with Gasteiger partial charge in [0.15, 0.2) is 18.2 Å². The minimum atomic E-state index is -0.0648. The predicted molar refractivity (Wildman–Crippen MR) is 141 cm³/mol. The summed E-state index contributed by atoms with van der Waals surface area (Å²) in [5.74, 6) is 1.22. The highest BCUT2D eigenvalue weighted by Gasteiger charge is 2.28. The number of Topliss-reactive ketones (excluding diaryl/α,β-unsaturated/α-hetero) is 1. The van der Waals surface area contributed by atoms with Crippen molar-refractivity contribution in [3.8, 4) is 28.3 Å². The van der Waals surface area contributed by atoms with Crippen LogP contribution in [0.15, 0.2) is 85.3 Å². The minimum Gasteiger partial charge on any atom is -0.484 e. The van der Waals surface area contributed by atoms with Crippen LogP contribution in [0.3, 0.4) is 0 Å². The fraction of sp³-hybridized carbons (Fsp3) is 0.233. The van der Waals surface area contributed by atoms with Gasteiger partial charge in [0.2, 0.25) is 0 Å². The molecule has 0 spiro atoms. The third-order valence-electron chi connectivity index (χ3n) is 6.63. The summed E-state index contributed by atoms with van der Waals surface area (Å²) in [7, 11) is 0. The summed E-state index contributed by atoms with van der Waals surface area (Å²) < 4.78 is 5.73. The molecule has 1 aliphatic rings. The van der Waals surface area contributed by atoms with Crippen molar-refractivity contribution in [2.24, 2.45) is 0 Å². The first-order valence-electron chi connectivity index (χ1n) is 12.4. The second kappa shape index (κ2) is 11.1. The Bertz CT molecular complexity index is 1380. The van der Waals surface area contributed by atoms with Crippen molar-refractivity contribution in [2.75, 3.05) is 19.7 Å². The summed E-state index contributed by atoms with van der Waals surface area (Å²) in [4.78, 5) is 40.2. The van der Waals surface area contributed by atoms with E-state index < -0.39 is 0 Å². The summed E-state index contributed by atoms with van der Waals surface area (Å²) in [5, 5.41) is 0. The molecule has 1 atom stereocenters. The summed E-state index contributed by atoms with van der Waals surface area (Å²) in [5.41, 5.74) is 4.51. The van der Waals surface area contributed by atoms with Crippen molar-refractivity contribution in [2.45, 2.75) is 25.7 Å². The highest BCUT2D eigenvalue weighted by molar-refractivity contribution is 5.94. The van der Waals surface area contributed by atoms with Gasteiger partial charge >= 0.3 is 0 Å². The third-order valence-corrected chi connectivity index (χ3v) is 6.63. The van der Waals surface area contributed by atoms with Crippen molar-refractivity contribution >= 4 is 11.7 Å². The number of rotatable bonds is 7. The molecule has 0 bridgehead atoms. The SMILES string of the molecule is CC(=O)c1ccc(OCC(=O)N2CCCC(c3nc(-c4ccncc4)ncc3-c3ccccc3)C2)cc1. The maximum Gasteiger partial charge on any atom is 0.260 e. The van der Waals surface area contributed by atoms with Crippen LogP contribution in [0.4, 0.5) is 0 Å². The Morgan fingerprint density at radius 1 is 0.973 bits per heavy atom. The Kier molecular flexibility index (Phi) is 7.31. The van der Waals surface area contributed by atoms with E-state index in [1.807, 2.05) is 41.4 Å². The molecule has 1 saturated heterocycles. The molecule has 186 valence electrons. The van der Waals surface area contributed by atoms with Crippen LogP contribution >= 0.6 is 0 Å². The van der Waals surface area contributed by atoms with E-state index in [0.717, 1.165) is 35.2 Å². The molecule has 7 nitrogen and oxygen atoms in total. The van der Waals surface area contributed by atoms with E-state index in [4.69, 9.17) is 9.72 Å². The van der Waals surface area contributed by atoms with Crippen LogP contribution in [-0.2, 0) is 4.79 Å². The molecule has 2 aromatic carbocycles. The molecule has 7 heteroatoms. The van der Waals surface area contributed by atoms with E-state index in [-0.39, 0.29) is 24.2 Å². The fourth-order valence-electron chi connectivity index (χ4n) is 4.64. The number of aromatic nitrogens is 3. The van der Waals surface area contributed by atoms with E-state index in [0.29, 0.717) is 30.2 Å². The quantitative estimate of drug-likeness (QED) is 0.330. The first-order valence-corrected chi connectivity index (χ1v) is 12.4. The Labute approximate surface area is 216 Å². The van der Waals surface area contributed by atoms with E-state index in [1.54, 1.807) is 36.7 Å². The second-order valence-electron chi connectivity index (χ2n) is 9.14. The van der Waals surface area contributed by atoms with Gasteiger partial charge in [-0.3, -0.25) is 14.6 Å². The molecule has 1 amide bonds. The number of hydrogen-bond acceptors (Lipinski definition) is 6. The van der Waals surface area contributed by atoms with Gasteiger partial charge in [0.25, 0.3) is 5.91 Å². The topological polar surface area (TPSA) is 85.3 Å². The highest BCUT2D eigenvalue weighted by Crippen LogP contribution is 2.34. The van der Waals surface area contributed by atoms with Gasteiger partial charge < -0.3 is 9.64 Å². The van der Waals surface area contributed by atoms with E-state index >= 15 is 0 Å². The van der Waals surface area contributed by atoms with Gasteiger partial charge in [-0.25, -0.2) is 9.97 Å². The van der Waals surface area contributed by atoms with Crippen LogP contribution in [0.1, 0.15) is 41.7 Å². The molecule has 4 aromatic rings. The first-order chi connectivity index (χ1) is 18.1. The lowest BCUT2D eigenvalue weighted by Crippen LogP contribution is -2.41. The number of amides is 1. The number of ether oxygens (including phenoxy) is 1. The van der Waals surface area contributed by atoms with Gasteiger partial charge in [0.1, 0.15) is 5.75 Å². The van der Waals surface area contributed by atoms with Gasteiger partial charge in [-0.2, -0.15) is 0 Å². The number of piperidine rings is 1. The smallest absolute Gasteiger partial charge is 0.260 e. The van der Waals surface area contributed by atoms with E-state index in [9.17, 15) is 9.59 Å². The van der Waals surface area contributed by atoms with Crippen molar-refractivity contribution in [3.63, 3.8) is 0 Å². The number of benzene rings is 2. The zero-order chi connectivity index (χ0) is 25.6. The lowest BCUT2D eigenvalue weighted by Gasteiger charge is -2.33. The van der Waals surface area contributed by atoms with Crippen LogP contribution in [0, 0.1) is 0 Å². The maximum absolute atomic E-state index is 13.1. The minimum absolute atomic E-state index is 0.00586. The molecular weight excluding hydrogens is 464 g/mol. The van der Waals surface area contributed by atoms with Crippen LogP contribution in [0.2, 0.25) is 0 Å². The lowest BCUT2D eigenvalue weighted by molar-refractivity contribution is -0.134. The first kappa shape index (κ1) is 24.3. The molecule has 0 aliphatic carbocycles. The largest absolute Gasteiger partial charge is 0.484 e. The van der Waals surface area contributed by atoms with Crippen LogP contribution < -0.4 is 4.74 Å². The zero-order valence-electron chi connectivity index (χ0n) is 20.7. The normalized spacial score (nSPS) is 15.3. The maximum atomic E-state index is 13.1. The van der Waals surface area contributed by atoms with Gasteiger partial charge in [-0.1, -0.05) is 30.3 Å². The van der Waals surface area contributed by atoms with Crippen LogP contribution in [0.25, 0.3) is 22.5 Å². The highest BCUT2D eigenvalue weighted by atomic mass is 16.5. The number of likely N-dealkylation sites (tertiary alicyclic amines) is 1. The molecule has 3 heterocycles. The Morgan fingerprint density at radius 2 is 1.73 bits per heavy atom. The summed E-state index contributed by atoms with van der Waals surface area (Å²) in [6.07, 6.45) is 7.18. The number of carbonyl (C=O) groups is 2. The standard InChI is InChI=1S/C30H28N4O3/c1-21(35)22-9-11-26(12-10-22)37-20-28(36)34-17-5-8-25(19-34)29-27(23-6-3-2-4-7-23)18-32-30(33-29)24-13-15-31-16-14-24/h2-4,6-7,9-16,18,25H,5,8,17,19-20H2,1H3. The average molecular weight is 493 g/mol. The lowest BCUT2D eigenvalue weighted by atomic mass is 9.89. The van der Waals surface area contributed by atoms with Gasteiger partial charge in [0, 0.05) is 54.3 Å². The van der Waals surface area contributed by atoms with Crippen LogP contribution in [-0.4, -0.2) is 51.2 Å². The number of ketones is 1. The van der Waals surface area contributed by atoms with E-state index in [1.165, 1.54) is 6.92 Å². The van der Waals surface area contributed by atoms with Gasteiger partial charge in [-0.15, -0.1) is 0 Å². The van der Waals surface area contributed by atoms with Gasteiger partial charge in [-0.05, 0) is 61.7 Å². The fourth-order valence-corrected chi connectivity index (χ4v) is 4.64. The monoisotopic (exact) mass is 492 g/mol.